The summed E-state index contributed by atoms with van der Waals surface area (Å²) in [7, 11) is 0. The van der Waals surface area contributed by atoms with Crippen LogP contribution in [0.4, 0.5) is 28.0 Å². The molecule has 8 heteroatoms. The largest absolute Gasteiger partial charge is 0.416 e. The molecule has 0 saturated carbocycles. The van der Waals surface area contributed by atoms with Crippen LogP contribution in [-0.2, 0) is 10.9 Å². The summed E-state index contributed by atoms with van der Waals surface area (Å²) >= 11 is 0. The fourth-order valence-corrected chi connectivity index (χ4v) is 3.48. The number of alkyl halides is 3. The smallest absolute Gasteiger partial charge is 0.381 e. The molecule has 2 aliphatic rings. The number of urea groups is 1. The van der Waals surface area contributed by atoms with Gasteiger partial charge in [0.1, 0.15) is 5.82 Å². The van der Waals surface area contributed by atoms with E-state index < -0.39 is 29.3 Å². The number of piperidine rings is 1. The van der Waals surface area contributed by atoms with Crippen molar-refractivity contribution >= 4 is 11.7 Å². The first-order valence-corrected chi connectivity index (χ1v) is 8.30. The van der Waals surface area contributed by atoms with Gasteiger partial charge < -0.3 is 15.0 Å². The quantitative estimate of drug-likeness (QED) is 0.760. The van der Waals surface area contributed by atoms with Gasteiger partial charge in [-0.3, -0.25) is 0 Å². The number of benzene rings is 1. The lowest BCUT2D eigenvalue weighted by Gasteiger charge is -2.44. The van der Waals surface area contributed by atoms with Crippen molar-refractivity contribution in [1.29, 1.82) is 0 Å². The van der Waals surface area contributed by atoms with Crippen LogP contribution in [0.2, 0.25) is 0 Å². The number of rotatable bonds is 1. The Labute approximate surface area is 143 Å². The minimum Gasteiger partial charge on any atom is -0.381 e. The van der Waals surface area contributed by atoms with Gasteiger partial charge in [-0.05, 0) is 49.3 Å². The van der Waals surface area contributed by atoms with E-state index in [2.05, 4.69) is 5.32 Å². The number of hydrogen-bond donors (Lipinski definition) is 1. The lowest BCUT2D eigenvalue weighted by Crippen LogP contribution is -2.46. The van der Waals surface area contributed by atoms with Gasteiger partial charge in [0.15, 0.2) is 0 Å². The van der Waals surface area contributed by atoms with E-state index in [1.807, 2.05) is 0 Å². The fraction of sp³-hybridized carbons (Fsp3) is 0.588. The molecule has 1 spiro atoms. The highest BCUT2D eigenvalue weighted by Crippen LogP contribution is 2.40. The fourth-order valence-electron chi connectivity index (χ4n) is 3.48. The molecular weight excluding hydrogens is 340 g/mol. The Bertz CT molecular complexity index is 632. The van der Waals surface area contributed by atoms with Crippen molar-refractivity contribution in [2.24, 2.45) is 5.41 Å². The highest BCUT2D eigenvalue weighted by atomic mass is 19.4. The monoisotopic (exact) mass is 360 g/mol. The Morgan fingerprint density at radius 2 is 1.76 bits per heavy atom. The lowest BCUT2D eigenvalue weighted by atomic mass is 9.72. The number of amides is 2. The maximum atomic E-state index is 13.8. The Hall–Kier alpha value is -1.83. The molecule has 0 aliphatic carbocycles. The SMILES string of the molecule is O=C(Nc1cc(C(F)(F)F)ccc1F)N1CCC2(CCOCC2)CC1. The zero-order chi connectivity index (χ0) is 18.1. The molecule has 0 radical (unpaired) electrons. The van der Waals surface area contributed by atoms with Crippen LogP contribution in [0, 0.1) is 11.2 Å². The molecule has 3 rings (SSSR count). The molecule has 1 aromatic rings. The third-order valence-electron chi connectivity index (χ3n) is 5.20. The second-order valence-electron chi connectivity index (χ2n) is 6.72. The van der Waals surface area contributed by atoms with Crippen LogP contribution in [0.5, 0.6) is 0 Å². The predicted octanol–water partition coefficient (Wildman–Crippen LogP) is 4.27. The number of likely N-dealkylation sites (tertiary alicyclic amines) is 1. The van der Waals surface area contributed by atoms with Crippen LogP contribution >= 0.6 is 0 Å². The number of carbonyl (C=O) groups excluding carboxylic acids is 1. The van der Waals surface area contributed by atoms with Crippen LogP contribution in [-0.4, -0.2) is 37.2 Å². The predicted molar refractivity (Wildman–Crippen MR) is 83.7 cm³/mol. The molecule has 25 heavy (non-hydrogen) atoms. The van der Waals surface area contributed by atoms with Crippen molar-refractivity contribution in [3.63, 3.8) is 0 Å². The van der Waals surface area contributed by atoms with Crippen molar-refractivity contribution < 1.29 is 27.1 Å². The number of carbonyl (C=O) groups is 1. The number of hydrogen-bond acceptors (Lipinski definition) is 2. The van der Waals surface area contributed by atoms with Gasteiger partial charge in [0.05, 0.1) is 11.3 Å². The van der Waals surface area contributed by atoms with Gasteiger partial charge in [0, 0.05) is 26.3 Å². The topological polar surface area (TPSA) is 41.6 Å². The maximum Gasteiger partial charge on any atom is 0.416 e. The van der Waals surface area contributed by atoms with E-state index >= 15 is 0 Å². The maximum absolute atomic E-state index is 13.8. The summed E-state index contributed by atoms with van der Waals surface area (Å²) in [6.07, 6.45) is -1.01. The minimum atomic E-state index is -4.59. The van der Waals surface area contributed by atoms with Crippen LogP contribution in [0.25, 0.3) is 0 Å². The van der Waals surface area contributed by atoms with Gasteiger partial charge in [-0.1, -0.05) is 0 Å². The van der Waals surface area contributed by atoms with Crippen molar-refractivity contribution in [1.82, 2.24) is 4.90 Å². The summed E-state index contributed by atoms with van der Waals surface area (Å²) in [5.74, 6) is -0.890. The molecular formula is C17H20F4N2O2. The van der Waals surface area contributed by atoms with Crippen LogP contribution in [0.15, 0.2) is 18.2 Å². The Balaban J connectivity index is 1.63. The highest BCUT2D eigenvalue weighted by Gasteiger charge is 2.37. The molecule has 1 aromatic carbocycles. The second kappa shape index (κ2) is 6.82. The van der Waals surface area contributed by atoms with Gasteiger partial charge >= 0.3 is 12.2 Å². The Morgan fingerprint density at radius 3 is 2.36 bits per heavy atom. The van der Waals surface area contributed by atoms with E-state index in [9.17, 15) is 22.4 Å². The zero-order valence-electron chi connectivity index (χ0n) is 13.7. The first kappa shape index (κ1) is 18.0. The Morgan fingerprint density at radius 1 is 1.12 bits per heavy atom. The van der Waals surface area contributed by atoms with E-state index in [1.165, 1.54) is 4.90 Å². The van der Waals surface area contributed by atoms with Gasteiger partial charge in [0.2, 0.25) is 0 Å². The molecule has 0 bridgehead atoms. The number of nitrogens with zero attached hydrogens (tertiary/aromatic N) is 1. The first-order valence-electron chi connectivity index (χ1n) is 8.30. The molecule has 2 amide bonds. The summed E-state index contributed by atoms with van der Waals surface area (Å²) in [5, 5.41) is 2.27. The average molecular weight is 360 g/mol. The summed E-state index contributed by atoms with van der Waals surface area (Å²) in [6, 6.07) is 1.42. The van der Waals surface area contributed by atoms with Gasteiger partial charge in [-0.15, -0.1) is 0 Å². The number of nitrogens with one attached hydrogen (secondary N) is 1. The third kappa shape index (κ3) is 4.05. The second-order valence-corrected chi connectivity index (χ2v) is 6.72. The standard InChI is InChI=1S/C17H20F4N2O2/c18-13-2-1-12(17(19,20)21)11-14(13)22-15(24)23-7-3-16(4-8-23)5-9-25-10-6-16/h1-2,11H,3-10H2,(H,22,24). The van der Waals surface area contributed by atoms with E-state index in [4.69, 9.17) is 4.74 Å². The number of halogens is 4. The zero-order valence-corrected chi connectivity index (χ0v) is 13.7. The van der Waals surface area contributed by atoms with Gasteiger partial charge in [-0.2, -0.15) is 13.2 Å². The molecule has 4 nitrogen and oxygen atoms in total. The number of ether oxygens (including phenoxy) is 1. The van der Waals surface area contributed by atoms with Crippen LogP contribution in [0.3, 0.4) is 0 Å². The average Bonchev–Trinajstić information content (AvgIpc) is 2.57. The van der Waals surface area contributed by atoms with E-state index in [-0.39, 0.29) is 5.41 Å². The van der Waals surface area contributed by atoms with Crippen molar-refractivity contribution in [3.8, 4) is 0 Å². The lowest BCUT2D eigenvalue weighted by molar-refractivity contribution is -0.137. The molecule has 2 aliphatic heterocycles. The molecule has 0 unspecified atom stereocenters. The number of anilines is 1. The molecule has 0 aromatic heterocycles. The molecule has 2 heterocycles. The molecule has 2 fully saturated rings. The molecule has 138 valence electrons. The summed E-state index contributed by atoms with van der Waals surface area (Å²) in [5.41, 5.74) is -1.26. The normalized spacial score (nSPS) is 20.6. The first-order chi connectivity index (χ1) is 11.8. The van der Waals surface area contributed by atoms with Crippen LogP contribution in [0.1, 0.15) is 31.2 Å². The van der Waals surface area contributed by atoms with Crippen molar-refractivity contribution in [2.75, 3.05) is 31.6 Å². The van der Waals surface area contributed by atoms with E-state index in [0.29, 0.717) is 31.3 Å². The molecule has 0 atom stereocenters. The highest BCUT2D eigenvalue weighted by molar-refractivity contribution is 5.89. The summed E-state index contributed by atoms with van der Waals surface area (Å²) < 4.78 is 57.3. The van der Waals surface area contributed by atoms with Gasteiger partial charge in [-0.25, -0.2) is 9.18 Å². The van der Waals surface area contributed by atoms with Crippen molar-refractivity contribution in [2.45, 2.75) is 31.9 Å². The van der Waals surface area contributed by atoms with Gasteiger partial charge in [0.25, 0.3) is 0 Å². The third-order valence-corrected chi connectivity index (χ3v) is 5.20. The van der Waals surface area contributed by atoms with Crippen molar-refractivity contribution in [3.05, 3.63) is 29.6 Å². The summed E-state index contributed by atoms with van der Waals surface area (Å²) in [4.78, 5) is 13.8. The Kier molecular flexibility index (Phi) is 4.90. The van der Waals surface area contributed by atoms with Crippen LogP contribution < -0.4 is 5.32 Å². The van der Waals surface area contributed by atoms with E-state index in [0.717, 1.165) is 38.9 Å². The summed E-state index contributed by atoms with van der Waals surface area (Å²) in [6.45, 7) is 2.46. The molecule has 2 saturated heterocycles. The minimum absolute atomic E-state index is 0.191. The molecule has 1 N–H and O–H groups in total. The van der Waals surface area contributed by atoms with E-state index in [1.54, 1.807) is 0 Å².